The highest BCUT2D eigenvalue weighted by atomic mass is 16.5. The Labute approximate surface area is 168 Å². The van der Waals surface area contributed by atoms with Gasteiger partial charge in [0.2, 0.25) is 5.69 Å². The summed E-state index contributed by atoms with van der Waals surface area (Å²) < 4.78 is 5.45. The Bertz CT molecular complexity index is 964. The third-order valence-corrected chi connectivity index (χ3v) is 4.88. The molecule has 0 amide bonds. The number of piperazine rings is 1. The molecule has 0 spiro atoms. The number of aromatic carboxylic acids is 1. The van der Waals surface area contributed by atoms with Gasteiger partial charge in [0.25, 0.3) is 0 Å². The topological polar surface area (TPSA) is 83.7 Å². The van der Waals surface area contributed by atoms with Crippen LogP contribution in [0.1, 0.15) is 17.4 Å². The minimum atomic E-state index is -1.08. The van der Waals surface area contributed by atoms with Crippen molar-refractivity contribution in [3.05, 3.63) is 60.3 Å². The van der Waals surface area contributed by atoms with Gasteiger partial charge in [-0.3, -0.25) is 0 Å². The molecule has 150 valence electrons. The number of carboxylic acid groups (broad SMARTS) is 1. The van der Waals surface area contributed by atoms with Gasteiger partial charge in [0, 0.05) is 31.9 Å². The molecule has 0 saturated carbocycles. The van der Waals surface area contributed by atoms with Crippen molar-refractivity contribution in [3.8, 4) is 11.4 Å². The zero-order valence-corrected chi connectivity index (χ0v) is 16.2. The molecular weight excluding hydrogens is 370 g/mol. The number of nitrogens with zero attached hydrogens (tertiary/aromatic N) is 5. The third-order valence-electron chi connectivity index (χ3n) is 4.88. The Morgan fingerprint density at radius 2 is 1.59 bits per heavy atom. The molecule has 29 heavy (non-hydrogen) atoms. The predicted molar refractivity (Wildman–Crippen MR) is 110 cm³/mol. The van der Waals surface area contributed by atoms with Gasteiger partial charge in [-0.15, -0.1) is 15.0 Å². The highest BCUT2D eigenvalue weighted by molar-refractivity contribution is 5.91. The summed E-state index contributed by atoms with van der Waals surface area (Å²) in [5, 5.41) is 18.3. The second-order valence-electron chi connectivity index (χ2n) is 6.70. The lowest BCUT2D eigenvalue weighted by molar-refractivity contribution is 0.0690. The molecule has 1 aromatic heterocycles. The molecule has 1 saturated heterocycles. The number of aromatic nitrogens is 3. The first-order valence-electron chi connectivity index (χ1n) is 9.64. The van der Waals surface area contributed by atoms with E-state index in [9.17, 15) is 9.90 Å². The van der Waals surface area contributed by atoms with Crippen LogP contribution in [0.3, 0.4) is 0 Å². The van der Waals surface area contributed by atoms with Crippen molar-refractivity contribution in [1.29, 1.82) is 0 Å². The molecule has 2 aromatic carbocycles. The average Bonchev–Trinajstić information content (AvgIpc) is 3.21. The smallest absolute Gasteiger partial charge is 0.360 e. The average molecular weight is 393 g/mol. The monoisotopic (exact) mass is 393 g/mol. The van der Waals surface area contributed by atoms with Crippen molar-refractivity contribution in [1.82, 2.24) is 15.0 Å². The van der Waals surface area contributed by atoms with Crippen LogP contribution in [0.15, 0.2) is 54.6 Å². The molecule has 1 aliphatic rings. The zero-order valence-electron chi connectivity index (χ0n) is 16.2. The number of rotatable bonds is 6. The van der Waals surface area contributed by atoms with E-state index in [-0.39, 0.29) is 5.69 Å². The lowest BCUT2D eigenvalue weighted by Gasteiger charge is -2.36. The molecule has 8 nitrogen and oxygen atoms in total. The summed E-state index contributed by atoms with van der Waals surface area (Å²) in [6, 6.07) is 17.5. The number of carboxylic acids is 1. The first kappa shape index (κ1) is 18.8. The van der Waals surface area contributed by atoms with Crippen LogP contribution in [0, 0.1) is 0 Å². The number of anilines is 2. The van der Waals surface area contributed by atoms with Crippen LogP contribution < -0.4 is 14.5 Å². The molecule has 8 heteroatoms. The normalized spacial score (nSPS) is 14.1. The maximum Gasteiger partial charge on any atom is 0.360 e. The maximum atomic E-state index is 11.8. The van der Waals surface area contributed by atoms with Gasteiger partial charge >= 0.3 is 5.97 Å². The molecule has 4 rings (SSSR count). The van der Waals surface area contributed by atoms with Crippen LogP contribution in [0.2, 0.25) is 0 Å². The van der Waals surface area contributed by atoms with E-state index in [1.165, 1.54) is 10.5 Å². The van der Waals surface area contributed by atoms with Gasteiger partial charge in [0.1, 0.15) is 5.75 Å². The quantitative estimate of drug-likeness (QED) is 0.689. The van der Waals surface area contributed by atoms with E-state index in [1.54, 1.807) is 0 Å². The molecule has 0 unspecified atom stereocenters. The van der Waals surface area contributed by atoms with E-state index in [2.05, 4.69) is 27.2 Å². The van der Waals surface area contributed by atoms with Crippen molar-refractivity contribution < 1.29 is 14.6 Å². The van der Waals surface area contributed by atoms with Crippen molar-refractivity contribution in [2.75, 3.05) is 42.6 Å². The number of hydrogen-bond donors (Lipinski definition) is 1. The Hall–Kier alpha value is -3.55. The molecule has 1 aliphatic heterocycles. The number of benzene rings is 2. The van der Waals surface area contributed by atoms with E-state index >= 15 is 0 Å². The van der Waals surface area contributed by atoms with Crippen LogP contribution in [-0.2, 0) is 0 Å². The Balaban J connectivity index is 1.54. The molecule has 0 bridgehead atoms. The molecule has 1 N–H and O–H groups in total. The Kier molecular flexibility index (Phi) is 5.33. The standard InChI is InChI=1S/C21H23N5O3/c1-2-29-18-10-8-17(9-11-18)26-22-19(21(27)28)20(23-26)25-14-12-24(13-15-25)16-6-4-3-5-7-16/h3-11H,2,12-15H2,1H3,(H,27,28). The van der Waals surface area contributed by atoms with Crippen LogP contribution in [0.25, 0.3) is 5.69 Å². The van der Waals surface area contributed by atoms with Crippen molar-refractivity contribution in [2.24, 2.45) is 0 Å². The predicted octanol–water partition coefficient (Wildman–Crippen LogP) is 2.69. The summed E-state index contributed by atoms with van der Waals surface area (Å²) in [4.78, 5) is 17.4. The van der Waals surface area contributed by atoms with Gasteiger partial charge in [-0.05, 0) is 43.3 Å². The lowest BCUT2D eigenvalue weighted by atomic mass is 10.2. The number of hydrogen-bond acceptors (Lipinski definition) is 6. The first-order chi connectivity index (χ1) is 14.2. The highest BCUT2D eigenvalue weighted by Gasteiger charge is 2.26. The van der Waals surface area contributed by atoms with Gasteiger partial charge in [-0.1, -0.05) is 18.2 Å². The second-order valence-corrected chi connectivity index (χ2v) is 6.70. The van der Waals surface area contributed by atoms with Crippen LogP contribution >= 0.6 is 0 Å². The molecular formula is C21H23N5O3. The van der Waals surface area contributed by atoms with Crippen molar-refractivity contribution in [3.63, 3.8) is 0 Å². The fraction of sp³-hybridized carbons (Fsp3) is 0.286. The number of ether oxygens (including phenoxy) is 1. The summed E-state index contributed by atoms with van der Waals surface area (Å²) in [6.07, 6.45) is 0. The van der Waals surface area contributed by atoms with Gasteiger partial charge < -0.3 is 19.6 Å². The van der Waals surface area contributed by atoms with E-state index in [0.717, 1.165) is 18.8 Å². The largest absolute Gasteiger partial charge is 0.494 e. The molecule has 1 fully saturated rings. The van der Waals surface area contributed by atoms with E-state index in [1.807, 2.05) is 54.3 Å². The highest BCUT2D eigenvalue weighted by Crippen LogP contribution is 2.23. The summed E-state index contributed by atoms with van der Waals surface area (Å²) in [5.41, 5.74) is 1.82. The SMILES string of the molecule is CCOc1ccc(-n2nc(C(=O)O)c(N3CCN(c4ccccc4)CC3)n2)cc1. The molecule has 0 radical (unpaired) electrons. The van der Waals surface area contributed by atoms with E-state index in [4.69, 9.17) is 4.74 Å². The molecule has 0 atom stereocenters. The number of carbonyl (C=O) groups is 1. The molecule has 2 heterocycles. The fourth-order valence-electron chi connectivity index (χ4n) is 3.42. The summed E-state index contributed by atoms with van der Waals surface area (Å²) in [5.74, 6) is 0.0703. The third kappa shape index (κ3) is 4.01. The molecule has 3 aromatic rings. The van der Waals surface area contributed by atoms with Crippen LogP contribution in [0.5, 0.6) is 5.75 Å². The van der Waals surface area contributed by atoms with Crippen LogP contribution in [0.4, 0.5) is 11.5 Å². The van der Waals surface area contributed by atoms with Crippen LogP contribution in [-0.4, -0.2) is 58.9 Å². The maximum absolute atomic E-state index is 11.8. The van der Waals surface area contributed by atoms with Gasteiger partial charge in [0.05, 0.1) is 12.3 Å². The minimum Gasteiger partial charge on any atom is -0.494 e. The minimum absolute atomic E-state index is 0.0351. The zero-order chi connectivity index (χ0) is 20.2. The number of para-hydroxylation sites is 1. The Morgan fingerprint density at radius 1 is 0.931 bits per heavy atom. The van der Waals surface area contributed by atoms with Gasteiger partial charge in [-0.25, -0.2) is 4.79 Å². The summed E-state index contributed by atoms with van der Waals surface area (Å²) >= 11 is 0. The Morgan fingerprint density at radius 3 is 2.21 bits per heavy atom. The molecule has 0 aliphatic carbocycles. The lowest BCUT2D eigenvalue weighted by Crippen LogP contribution is -2.47. The van der Waals surface area contributed by atoms with Crippen molar-refractivity contribution in [2.45, 2.75) is 6.92 Å². The van der Waals surface area contributed by atoms with Gasteiger partial charge in [0.15, 0.2) is 5.82 Å². The fourth-order valence-corrected chi connectivity index (χ4v) is 3.42. The summed E-state index contributed by atoms with van der Waals surface area (Å²) in [6.45, 7) is 5.44. The van der Waals surface area contributed by atoms with E-state index in [0.29, 0.717) is 31.2 Å². The van der Waals surface area contributed by atoms with Gasteiger partial charge in [-0.2, -0.15) is 0 Å². The van der Waals surface area contributed by atoms with Crippen molar-refractivity contribution >= 4 is 17.5 Å². The summed E-state index contributed by atoms with van der Waals surface area (Å²) in [7, 11) is 0. The first-order valence-corrected chi connectivity index (χ1v) is 9.64. The van der Waals surface area contributed by atoms with E-state index < -0.39 is 5.97 Å². The second kappa shape index (κ2) is 8.22.